The molecule has 2 aliphatic rings. The molecule has 0 unspecified atom stereocenters. The number of nitrogens with zero attached hydrogens (tertiary/aromatic N) is 2. The summed E-state index contributed by atoms with van der Waals surface area (Å²) in [7, 11) is 0. The van der Waals surface area contributed by atoms with Crippen LogP contribution in [0.3, 0.4) is 0 Å². The van der Waals surface area contributed by atoms with Crippen molar-refractivity contribution < 1.29 is 14.3 Å². The monoisotopic (exact) mass is 351 g/mol. The number of carbonyl (C=O) groups is 2. The molecule has 2 heterocycles. The van der Waals surface area contributed by atoms with Crippen molar-refractivity contribution in [3.05, 3.63) is 54.6 Å². The van der Waals surface area contributed by atoms with E-state index in [0.29, 0.717) is 24.5 Å². The Bertz CT molecular complexity index is 801. The molecule has 2 aromatic rings. The third kappa shape index (κ3) is 3.35. The Morgan fingerprint density at radius 3 is 2.46 bits per heavy atom. The Morgan fingerprint density at radius 1 is 1.00 bits per heavy atom. The number of fused-ring (bicyclic) bond motifs is 1. The van der Waals surface area contributed by atoms with Crippen LogP contribution in [0.15, 0.2) is 54.6 Å². The molecule has 1 N–H and O–H groups in total. The molecule has 6 heteroatoms. The number of carbonyl (C=O) groups excluding carboxylic acids is 2. The number of amides is 2. The van der Waals surface area contributed by atoms with Gasteiger partial charge in [-0.05, 0) is 24.3 Å². The Balaban J connectivity index is 1.34. The van der Waals surface area contributed by atoms with Gasteiger partial charge in [0.15, 0.2) is 6.10 Å². The second-order valence-corrected chi connectivity index (χ2v) is 6.50. The number of anilines is 2. The first-order valence-electron chi connectivity index (χ1n) is 8.85. The summed E-state index contributed by atoms with van der Waals surface area (Å²) in [5, 5.41) is 2.80. The van der Waals surface area contributed by atoms with Crippen molar-refractivity contribution in [2.45, 2.75) is 12.5 Å². The van der Waals surface area contributed by atoms with Gasteiger partial charge in [-0.1, -0.05) is 30.3 Å². The van der Waals surface area contributed by atoms with E-state index in [1.54, 1.807) is 12.1 Å². The SMILES string of the molecule is O=C1Nc2ccccc2O[C@@H]1CC(=O)N1CCN(c2ccccc2)CC1. The molecule has 0 aromatic heterocycles. The highest BCUT2D eigenvalue weighted by atomic mass is 16.5. The van der Waals surface area contributed by atoms with Gasteiger partial charge >= 0.3 is 0 Å². The molecule has 2 aliphatic heterocycles. The Hall–Kier alpha value is -3.02. The normalized spacial score (nSPS) is 19.4. The predicted octanol–water partition coefficient (Wildman–Crippen LogP) is 2.12. The average molecular weight is 351 g/mol. The van der Waals surface area contributed by atoms with E-state index in [4.69, 9.17) is 4.74 Å². The van der Waals surface area contributed by atoms with Crippen LogP contribution < -0.4 is 15.0 Å². The molecule has 26 heavy (non-hydrogen) atoms. The molecule has 134 valence electrons. The first-order valence-corrected chi connectivity index (χ1v) is 8.85. The van der Waals surface area contributed by atoms with E-state index >= 15 is 0 Å². The topological polar surface area (TPSA) is 61.9 Å². The van der Waals surface area contributed by atoms with E-state index in [2.05, 4.69) is 22.3 Å². The van der Waals surface area contributed by atoms with Gasteiger partial charge in [0.2, 0.25) is 5.91 Å². The van der Waals surface area contributed by atoms with Gasteiger partial charge in [-0.25, -0.2) is 0 Å². The minimum Gasteiger partial charge on any atom is -0.478 e. The van der Waals surface area contributed by atoms with Crippen LogP contribution in [0, 0.1) is 0 Å². The maximum absolute atomic E-state index is 12.6. The molecular weight excluding hydrogens is 330 g/mol. The van der Waals surface area contributed by atoms with Gasteiger partial charge in [0.25, 0.3) is 5.91 Å². The third-order valence-electron chi connectivity index (χ3n) is 4.82. The van der Waals surface area contributed by atoms with Gasteiger partial charge in [-0.2, -0.15) is 0 Å². The van der Waals surface area contributed by atoms with Crippen LogP contribution in [0.1, 0.15) is 6.42 Å². The zero-order valence-corrected chi connectivity index (χ0v) is 14.4. The van der Waals surface area contributed by atoms with Crippen LogP contribution in [0.4, 0.5) is 11.4 Å². The van der Waals surface area contributed by atoms with Gasteiger partial charge in [0, 0.05) is 31.9 Å². The average Bonchev–Trinajstić information content (AvgIpc) is 2.69. The zero-order valence-electron chi connectivity index (χ0n) is 14.4. The maximum Gasteiger partial charge on any atom is 0.266 e. The van der Waals surface area contributed by atoms with E-state index in [9.17, 15) is 9.59 Å². The molecule has 2 aromatic carbocycles. The van der Waals surface area contributed by atoms with Crippen molar-refractivity contribution in [1.29, 1.82) is 0 Å². The summed E-state index contributed by atoms with van der Waals surface area (Å²) in [5.41, 5.74) is 1.82. The second kappa shape index (κ2) is 7.07. The molecule has 0 aliphatic carbocycles. The van der Waals surface area contributed by atoms with Gasteiger partial charge in [0.1, 0.15) is 5.75 Å². The fourth-order valence-corrected chi connectivity index (χ4v) is 3.37. The summed E-state index contributed by atoms with van der Waals surface area (Å²) < 4.78 is 5.73. The number of hydrogen-bond donors (Lipinski definition) is 1. The smallest absolute Gasteiger partial charge is 0.266 e. The molecular formula is C20H21N3O3. The van der Waals surface area contributed by atoms with E-state index in [1.807, 2.05) is 35.2 Å². The van der Waals surface area contributed by atoms with Gasteiger partial charge in [-0.15, -0.1) is 0 Å². The van der Waals surface area contributed by atoms with Crippen molar-refractivity contribution in [2.24, 2.45) is 0 Å². The molecule has 1 fully saturated rings. The Morgan fingerprint density at radius 2 is 1.69 bits per heavy atom. The number of ether oxygens (including phenoxy) is 1. The summed E-state index contributed by atoms with van der Waals surface area (Å²) in [6, 6.07) is 17.4. The number of benzene rings is 2. The fraction of sp³-hybridized carbons (Fsp3) is 0.300. The molecule has 4 rings (SSSR count). The molecule has 6 nitrogen and oxygen atoms in total. The lowest BCUT2D eigenvalue weighted by molar-refractivity contribution is -0.137. The minimum absolute atomic E-state index is 0.0442. The second-order valence-electron chi connectivity index (χ2n) is 6.50. The van der Waals surface area contributed by atoms with E-state index in [0.717, 1.165) is 13.1 Å². The Kier molecular flexibility index (Phi) is 4.48. The standard InChI is InChI=1S/C20H21N3O3/c24-19(14-18-20(25)21-16-8-4-5-9-17(16)26-18)23-12-10-22(11-13-23)15-6-2-1-3-7-15/h1-9,18H,10-14H2,(H,21,25)/t18-/m1/s1. The number of rotatable bonds is 3. The van der Waals surface area contributed by atoms with Crippen LogP contribution >= 0.6 is 0 Å². The maximum atomic E-state index is 12.6. The number of piperazine rings is 1. The van der Waals surface area contributed by atoms with Gasteiger partial charge in [-0.3, -0.25) is 9.59 Å². The lowest BCUT2D eigenvalue weighted by atomic mass is 10.1. The largest absolute Gasteiger partial charge is 0.478 e. The van der Waals surface area contributed by atoms with Crippen LogP contribution in [0.5, 0.6) is 5.75 Å². The molecule has 2 amide bonds. The van der Waals surface area contributed by atoms with Crippen LogP contribution in [0.25, 0.3) is 0 Å². The fourth-order valence-electron chi connectivity index (χ4n) is 3.37. The summed E-state index contributed by atoms with van der Waals surface area (Å²) >= 11 is 0. The quantitative estimate of drug-likeness (QED) is 0.920. The zero-order chi connectivity index (χ0) is 17.9. The third-order valence-corrected chi connectivity index (χ3v) is 4.82. The highest BCUT2D eigenvalue weighted by Gasteiger charge is 2.32. The van der Waals surface area contributed by atoms with E-state index in [-0.39, 0.29) is 18.2 Å². The van der Waals surface area contributed by atoms with Gasteiger partial charge < -0.3 is 19.9 Å². The summed E-state index contributed by atoms with van der Waals surface area (Å²) in [5.74, 6) is 0.302. The predicted molar refractivity (Wildman–Crippen MR) is 99.3 cm³/mol. The first kappa shape index (κ1) is 16.4. The van der Waals surface area contributed by atoms with E-state index in [1.165, 1.54) is 5.69 Å². The molecule has 0 saturated carbocycles. The van der Waals surface area contributed by atoms with Crippen LogP contribution in [-0.2, 0) is 9.59 Å². The molecule has 1 saturated heterocycles. The Labute approximate surface area is 152 Å². The molecule has 0 radical (unpaired) electrons. The first-order chi connectivity index (χ1) is 12.7. The van der Waals surface area contributed by atoms with Crippen molar-refractivity contribution in [1.82, 2.24) is 4.90 Å². The van der Waals surface area contributed by atoms with Crippen molar-refractivity contribution in [3.63, 3.8) is 0 Å². The summed E-state index contributed by atoms with van der Waals surface area (Å²) in [6.45, 7) is 2.88. The number of hydrogen-bond acceptors (Lipinski definition) is 4. The summed E-state index contributed by atoms with van der Waals surface area (Å²) in [4.78, 5) is 28.9. The van der Waals surface area contributed by atoms with Crippen molar-refractivity contribution in [3.8, 4) is 5.75 Å². The number of para-hydroxylation sites is 3. The van der Waals surface area contributed by atoms with Crippen molar-refractivity contribution >= 4 is 23.2 Å². The lowest BCUT2D eigenvalue weighted by Gasteiger charge is -2.36. The highest BCUT2D eigenvalue weighted by molar-refractivity contribution is 5.99. The lowest BCUT2D eigenvalue weighted by Crippen LogP contribution is -2.50. The van der Waals surface area contributed by atoms with E-state index < -0.39 is 6.10 Å². The van der Waals surface area contributed by atoms with Gasteiger partial charge in [0.05, 0.1) is 12.1 Å². The molecule has 1 atom stereocenters. The minimum atomic E-state index is -0.774. The summed E-state index contributed by atoms with van der Waals surface area (Å²) in [6.07, 6.45) is -0.713. The number of nitrogens with one attached hydrogen (secondary N) is 1. The van der Waals surface area contributed by atoms with Crippen LogP contribution in [-0.4, -0.2) is 49.0 Å². The molecule has 0 spiro atoms. The van der Waals surface area contributed by atoms with Crippen LogP contribution in [0.2, 0.25) is 0 Å². The van der Waals surface area contributed by atoms with Crippen molar-refractivity contribution in [2.75, 3.05) is 36.4 Å². The highest BCUT2D eigenvalue weighted by Crippen LogP contribution is 2.29. The molecule has 0 bridgehead atoms.